The molecule has 0 radical (unpaired) electrons. The molecule has 21 rings (SSSR count). The maximum absolute atomic E-state index is 2.45. The monoisotopic (exact) mass is 1460 g/mol. The van der Waals surface area contributed by atoms with Gasteiger partial charge in [0.1, 0.15) is 0 Å². The van der Waals surface area contributed by atoms with Crippen LogP contribution in [-0.4, -0.2) is 0 Å². The Morgan fingerprint density at radius 3 is 0.536 bits per heavy atom. The molecule has 112 heavy (non-hydrogen) atoms. The summed E-state index contributed by atoms with van der Waals surface area (Å²) in [5.41, 5.74) is 35.6. The summed E-state index contributed by atoms with van der Waals surface area (Å²) in [4.78, 5) is 0. The number of hydrogen-bond acceptors (Lipinski definition) is 0. The van der Waals surface area contributed by atoms with Gasteiger partial charge in [-0.05, 0) is 210 Å². The molecule has 7 aliphatic carbocycles. The fourth-order valence-corrected chi connectivity index (χ4v) is 18.5. The third-order valence-corrected chi connectivity index (χ3v) is 21.5. The summed E-state index contributed by atoms with van der Waals surface area (Å²) in [7, 11) is 0. The average molecular weight is 1460 g/mol. The molecule has 0 heterocycles. The van der Waals surface area contributed by atoms with E-state index < -0.39 is 0 Å². The summed E-state index contributed by atoms with van der Waals surface area (Å²) in [6, 6.07) is 122. The molecule has 14 aromatic carbocycles. The van der Waals surface area contributed by atoms with E-state index >= 15 is 0 Å². The Morgan fingerprint density at radius 2 is 0.321 bits per heavy atom. The number of rotatable bonds is 0. The Hall–Kier alpha value is -10.7. The van der Waals surface area contributed by atoms with Gasteiger partial charge in [0, 0.05) is 5.41 Å². The van der Waals surface area contributed by atoms with Crippen LogP contribution in [0.15, 0.2) is 328 Å². The van der Waals surface area contributed by atoms with Crippen LogP contribution in [-0.2, 0) is 28.1 Å². The highest BCUT2D eigenvalue weighted by molar-refractivity contribution is 5.97. The summed E-state index contributed by atoms with van der Waals surface area (Å²) in [5.74, 6) is 5.00. The van der Waals surface area contributed by atoms with E-state index in [1.165, 1.54) is 162 Å². The molecule has 0 aromatic heterocycles. The van der Waals surface area contributed by atoms with Gasteiger partial charge in [-0.1, -0.05) is 446 Å². The zero-order valence-corrected chi connectivity index (χ0v) is 70.1. The Labute approximate surface area is 673 Å². The maximum Gasteiger partial charge on any atom is 0.0725 e. The number of hydrogen-bond donors (Lipinski definition) is 0. The van der Waals surface area contributed by atoms with Gasteiger partial charge in [0.15, 0.2) is 0 Å². The van der Waals surface area contributed by atoms with Crippen molar-refractivity contribution in [3.8, 4) is 55.6 Å². The second-order valence-electron chi connectivity index (χ2n) is 35.5. The van der Waals surface area contributed by atoms with Crippen LogP contribution in [0, 0.1) is 35.5 Å². The van der Waals surface area contributed by atoms with Gasteiger partial charge in [0.25, 0.3) is 0 Å². The van der Waals surface area contributed by atoms with Gasteiger partial charge in [-0.3, -0.25) is 0 Å². The quantitative estimate of drug-likeness (QED) is 0.142. The van der Waals surface area contributed by atoms with Gasteiger partial charge >= 0.3 is 0 Å². The Balaban J connectivity index is 0.000000131. The van der Waals surface area contributed by atoms with Crippen molar-refractivity contribution in [2.24, 2.45) is 35.5 Å². The van der Waals surface area contributed by atoms with E-state index in [-0.39, 0.29) is 21.7 Å². The summed E-state index contributed by atoms with van der Waals surface area (Å²) in [5, 5.41) is 2.71. The zero-order valence-electron chi connectivity index (χ0n) is 70.1. The molecular formula is C112H118. The highest BCUT2D eigenvalue weighted by Gasteiger charge is 2.59. The van der Waals surface area contributed by atoms with Crippen LogP contribution < -0.4 is 0 Å². The van der Waals surface area contributed by atoms with Crippen molar-refractivity contribution in [1.82, 2.24) is 0 Å². The molecule has 7 aliphatic rings. The van der Waals surface area contributed by atoms with Crippen LogP contribution in [0.3, 0.4) is 0 Å². The summed E-state index contributed by atoms with van der Waals surface area (Å²) in [6.45, 7) is 39.0. The van der Waals surface area contributed by atoms with Crippen molar-refractivity contribution >= 4 is 10.8 Å². The lowest BCUT2D eigenvalue weighted by molar-refractivity contribution is 0.626. The van der Waals surface area contributed by atoms with E-state index in [0.29, 0.717) is 0 Å². The number of aryl methyl sites for hydroxylation is 1. The van der Waals surface area contributed by atoms with Crippen molar-refractivity contribution in [1.29, 1.82) is 0 Å². The van der Waals surface area contributed by atoms with Gasteiger partial charge in [0.05, 0.1) is 16.2 Å². The van der Waals surface area contributed by atoms with Crippen LogP contribution >= 0.6 is 0 Å². The average Bonchev–Trinajstić information content (AvgIpc) is 1.45. The minimum Gasteiger partial charge on any atom is -0.0630 e. The van der Waals surface area contributed by atoms with E-state index in [9.17, 15) is 0 Å². The topological polar surface area (TPSA) is 0 Å². The highest BCUT2D eigenvalue weighted by atomic mass is 14.6. The molecule has 0 bridgehead atoms. The van der Waals surface area contributed by atoms with Crippen LogP contribution in [0.4, 0.5) is 0 Å². The lowest BCUT2D eigenvalue weighted by atomic mass is 9.52. The van der Waals surface area contributed by atoms with E-state index in [2.05, 4.69) is 452 Å². The molecule has 0 atom stereocenters. The molecule has 0 amide bonds. The molecule has 14 aromatic rings. The van der Waals surface area contributed by atoms with Crippen molar-refractivity contribution in [2.75, 3.05) is 0 Å². The summed E-state index contributed by atoms with van der Waals surface area (Å²) >= 11 is 0. The molecule has 0 nitrogen and oxygen atoms in total. The van der Waals surface area contributed by atoms with Crippen molar-refractivity contribution in [3.63, 3.8) is 0 Å². The van der Waals surface area contributed by atoms with Crippen molar-refractivity contribution in [2.45, 2.75) is 159 Å². The lowest BCUT2D eigenvalue weighted by Crippen LogP contribution is -2.43. The second-order valence-corrected chi connectivity index (χ2v) is 35.5. The van der Waals surface area contributed by atoms with Gasteiger partial charge in [-0.15, -0.1) is 0 Å². The molecule has 0 aliphatic heterocycles. The number of benzene rings is 14. The summed E-state index contributed by atoms with van der Waals surface area (Å²) in [6.07, 6.45) is 2.33. The first-order valence-electron chi connectivity index (χ1n) is 41.8. The molecule has 0 saturated carbocycles. The van der Waals surface area contributed by atoms with Crippen LogP contribution in [0.5, 0.6) is 0 Å². The van der Waals surface area contributed by atoms with Crippen LogP contribution in [0.2, 0.25) is 0 Å². The minimum absolute atomic E-state index is 0.0343. The van der Waals surface area contributed by atoms with Gasteiger partial charge in [-0.25, -0.2) is 0 Å². The predicted octanol–water partition coefficient (Wildman–Crippen LogP) is 30.8. The number of fused-ring (bicyclic) bond motifs is 34. The lowest BCUT2D eigenvalue weighted by Gasteiger charge is -2.48. The molecule has 0 unspecified atom stereocenters. The first kappa shape index (κ1) is 79.4. The Morgan fingerprint density at radius 1 is 0.170 bits per heavy atom. The normalized spacial score (nSPS) is 14.1. The highest BCUT2D eigenvalue weighted by Crippen LogP contribution is 2.68. The molecule has 566 valence electrons. The smallest absolute Gasteiger partial charge is 0.0630 e. The minimum atomic E-state index is -0.363. The van der Waals surface area contributed by atoms with Gasteiger partial charge in [0.2, 0.25) is 0 Å². The third kappa shape index (κ3) is 14.2. The van der Waals surface area contributed by atoms with Gasteiger partial charge in [-0.2, -0.15) is 0 Å². The summed E-state index contributed by atoms with van der Waals surface area (Å²) < 4.78 is 0. The first-order valence-corrected chi connectivity index (χ1v) is 41.8. The predicted molar refractivity (Wildman–Crippen MR) is 484 cm³/mol. The zero-order chi connectivity index (χ0) is 79.2. The van der Waals surface area contributed by atoms with Crippen LogP contribution in [0.25, 0.3) is 66.4 Å². The maximum atomic E-state index is 2.45. The van der Waals surface area contributed by atoms with E-state index in [0.717, 1.165) is 41.9 Å². The van der Waals surface area contributed by atoms with Crippen molar-refractivity contribution in [3.05, 3.63) is 417 Å². The molecular weight excluding hydrogens is 1350 g/mol. The van der Waals surface area contributed by atoms with E-state index in [1.54, 1.807) is 0 Å². The van der Waals surface area contributed by atoms with Gasteiger partial charge < -0.3 is 0 Å². The first-order chi connectivity index (χ1) is 54.1. The molecule has 0 heteroatoms. The van der Waals surface area contributed by atoms with Crippen molar-refractivity contribution < 1.29 is 0 Å². The standard InChI is InChI=1S/C38H24.C25H16.C25H18.6C4H10/c1-5-17-29-25(13-1)26-14-2-6-18-30(26)37(29)33-21-9-11-23-35(33)38(36-24-12-10-22-34(36)37)31-19-7-3-15-27(31)28-16-4-8-20-32(28)38;1-5-13-21-17(9-1)18-10-2-6-14-22(18)25(21)23-15-7-3-11-19(23)20-12-4-8-16-24(20)25;1-2-8-18-16-24-19(15-17(18)7-1)13-14-25(24)22-11-5-3-9-20(22)21-10-4-6-12-23(21)25;6*1-4(2)3/h1-24H;1-16H;1-12,15-16H,13-14H2;6*4H,1-3H3. The molecule has 0 saturated heterocycles. The fourth-order valence-electron chi connectivity index (χ4n) is 18.5. The van der Waals surface area contributed by atoms with E-state index in [1.807, 2.05) is 0 Å². The van der Waals surface area contributed by atoms with E-state index in [4.69, 9.17) is 0 Å². The third-order valence-electron chi connectivity index (χ3n) is 21.5. The SMILES string of the molecule is CC(C)C.CC(C)C.CC(C)C.CC(C)C.CC(C)C.CC(C)C.c1ccc2c(c1)-c1ccccc1C21CCc2cc3ccccc3cc21.c1ccc2c(c1)-c1ccccc1C21c2ccccc2-c2ccccc21.c1ccc2c(c1)-c1ccccc1C21c2ccccc2C2(c3ccccc3-c3ccccc32)c2ccccc21. The Kier molecular flexibility index (Phi) is 23.9. The second kappa shape index (κ2) is 33.7. The molecule has 0 fully saturated rings. The largest absolute Gasteiger partial charge is 0.0725 e. The Bertz CT molecular complexity index is 5020. The van der Waals surface area contributed by atoms with Crippen LogP contribution in [0.1, 0.15) is 220 Å². The molecule has 4 spiro atoms. The fraction of sp³-hybridized carbons (Fsp3) is 0.268. The molecule has 0 N–H and O–H groups in total.